The van der Waals surface area contributed by atoms with Gasteiger partial charge in [0.15, 0.2) is 0 Å². The molecule has 0 spiro atoms. The first-order chi connectivity index (χ1) is 21.7. The van der Waals surface area contributed by atoms with Crippen molar-refractivity contribution in [2.45, 2.75) is 13.8 Å². The van der Waals surface area contributed by atoms with Gasteiger partial charge in [-0.1, -0.05) is 18.2 Å². The van der Waals surface area contributed by atoms with Crippen LogP contribution in [-0.2, 0) is 15.1 Å². The second-order valence-corrected chi connectivity index (χ2v) is 9.68. The van der Waals surface area contributed by atoms with E-state index in [0.717, 1.165) is 48.0 Å². The molecule has 6 aromatic heterocycles. The van der Waals surface area contributed by atoms with E-state index in [1.54, 1.807) is 18.6 Å². The van der Waals surface area contributed by atoms with E-state index in [2.05, 4.69) is 15.0 Å². The van der Waals surface area contributed by atoms with Gasteiger partial charge in [0.2, 0.25) is 0 Å². The molecule has 47 heavy (non-hydrogen) atoms. The Labute approximate surface area is 312 Å². The summed E-state index contributed by atoms with van der Waals surface area (Å²) in [7, 11) is -1.56. The predicted octanol–water partition coefficient (Wildman–Crippen LogP) is 1.14. The molecule has 0 aliphatic carbocycles. The first kappa shape index (κ1) is 41.0. The maximum atomic E-state index is 8.89. The fourth-order valence-electron chi connectivity index (χ4n) is 3.96. The molecule has 0 unspecified atom stereocenters. The van der Waals surface area contributed by atoms with Gasteiger partial charge in [-0.3, -0.25) is 15.0 Å². The number of halogens is 2. The molecule has 245 valence electrons. The standard InChI is InChI=1S/C24H19BN9.2C2H4O2.CH2Cl2.Gd.H2O/c1-4-13-26-19(7-1)22-10-16-32(29-22)25(33-17-11-23(30-33)20-8-2-5-14-27-20)34-18-12-24(31-34)21-9-3-6-15-28-21;2*1-2(3)4;2-1-3;;/h1-18,25H;2*1H3,(H,3,4);1H2;;1H2/q-1;;;;+3;/p-1. The van der Waals surface area contributed by atoms with Crippen molar-refractivity contribution < 1.29 is 65.2 Å². The minimum atomic E-state index is -1.56. The Morgan fingerprint density at radius 2 is 0.851 bits per heavy atom. The van der Waals surface area contributed by atoms with Gasteiger partial charge >= 0.3 is 47.1 Å². The number of aliphatic carboxylic acids is 2. The number of alkyl halides is 2. The van der Waals surface area contributed by atoms with Crippen molar-refractivity contribution in [3.05, 3.63) is 110 Å². The van der Waals surface area contributed by atoms with Crippen molar-refractivity contribution in [2.24, 2.45) is 0 Å². The van der Waals surface area contributed by atoms with Crippen LogP contribution in [0.15, 0.2) is 110 Å². The molecule has 14 nitrogen and oxygen atoms in total. The third-order valence-corrected chi connectivity index (χ3v) is 5.57. The Morgan fingerprint density at radius 1 is 0.596 bits per heavy atom. The quantitative estimate of drug-likeness (QED) is 0.133. The molecule has 1 radical (unpaired) electrons. The van der Waals surface area contributed by atoms with Gasteiger partial charge in [0.05, 0.1) is 22.4 Å². The Kier molecular flexibility index (Phi) is 18.9. The number of rotatable bonds is 6. The maximum absolute atomic E-state index is 8.89. The average molecular weight is 824 g/mol. The number of aromatic nitrogens is 9. The van der Waals surface area contributed by atoms with Gasteiger partial charge in [0.25, 0.3) is 0 Å². The molecule has 0 fully saturated rings. The summed E-state index contributed by atoms with van der Waals surface area (Å²) in [6.45, 7) is 1.94. The van der Waals surface area contributed by atoms with E-state index in [1.807, 2.05) is 105 Å². The molecule has 0 bridgehead atoms. The molecule has 0 amide bonds. The second-order valence-electron chi connectivity index (χ2n) is 8.87. The van der Waals surface area contributed by atoms with Crippen LogP contribution in [-0.4, -0.2) is 68.4 Å². The Hall–Kier alpha value is -4.05. The molecular weight excluding hydrogens is 793 g/mol. The molecule has 0 aromatic carbocycles. The molecule has 0 saturated heterocycles. The normalized spacial score (nSPS) is 9.55. The van der Waals surface area contributed by atoms with E-state index < -0.39 is 19.1 Å². The third-order valence-electron chi connectivity index (χ3n) is 5.57. The number of nitrogens with zero attached hydrogens (tertiary/aromatic N) is 9. The summed E-state index contributed by atoms with van der Waals surface area (Å²) >= 11 is 9.53. The molecule has 3 N–H and O–H groups in total. The van der Waals surface area contributed by atoms with Crippen LogP contribution in [0.2, 0.25) is 0 Å². The van der Waals surface area contributed by atoms with Gasteiger partial charge in [0.1, 0.15) is 17.1 Å². The van der Waals surface area contributed by atoms with E-state index in [9.17, 15) is 0 Å². The number of hydrogen-bond donors (Lipinski definition) is 0. The van der Waals surface area contributed by atoms with Crippen LogP contribution in [0.3, 0.4) is 0 Å². The summed E-state index contributed by atoms with van der Waals surface area (Å²) < 4.78 is 5.69. The summed E-state index contributed by atoms with van der Waals surface area (Å²) in [5.41, 5.74) is 4.78. The molecule has 0 aliphatic rings. The summed E-state index contributed by atoms with van der Waals surface area (Å²) in [5, 5.41) is 32.5. The Balaban J connectivity index is 0.000000748. The topological polar surface area (TPSA) is 205 Å². The van der Waals surface area contributed by atoms with Crippen molar-refractivity contribution in [2.75, 3.05) is 5.34 Å². The van der Waals surface area contributed by atoms with Gasteiger partial charge in [-0.05, 0) is 87.0 Å². The van der Waals surface area contributed by atoms with E-state index in [4.69, 9.17) is 58.3 Å². The SMILES string of the molecule is CC(=O)[O-].CC(=O)[O-].ClCCl.[Gd+3].[OH3+].c1ccc(-c2ccn([BH-](n3ccc(-c4ccccn4)n3)n3ccc(-c4ccccn4)n3)n2)nc1. The van der Waals surface area contributed by atoms with Crippen molar-refractivity contribution >= 4 is 42.3 Å². The van der Waals surface area contributed by atoms with Crippen LogP contribution in [0.4, 0.5) is 0 Å². The van der Waals surface area contributed by atoms with Crippen LogP contribution < -0.4 is 10.2 Å². The number of pyridine rings is 3. The van der Waals surface area contributed by atoms with Gasteiger partial charge in [-0.25, -0.2) is 15.3 Å². The third kappa shape index (κ3) is 13.3. The molecule has 6 aromatic rings. The van der Waals surface area contributed by atoms with Crippen LogP contribution in [0, 0.1) is 39.9 Å². The van der Waals surface area contributed by atoms with Crippen molar-refractivity contribution in [3.63, 3.8) is 0 Å². The predicted molar refractivity (Wildman–Crippen MR) is 173 cm³/mol. The summed E-state index contributed by atoms with van der Waals surface area (Å²) in [6.07, 6.45) is 11.1. The van der Waals surface area contributed by atoms with Gasteiger partial charge in [-0.2, -0.15) is 0 Å². The number of carbonyl (C=O) groups is 2. The smallest absolute Gasteiger partial charge is 0.550 e. The molecule has 6 heterocycles. The van der Waals surface area contributed by atoms with Crippen LogP contribution in [0.1, 0.15) is 13.8 Å². The minimum Gasteiger partial charge on any atom is -0.550 e. The van der Waals surface area contributed by atoms with Crippen molar-refractivity contribution in [1.29, 1.82) is 0 Å². The summed E-state index contributed by atoms with van der Waals surface area (Å²) in [4.78, 5) is 31.1. The van der Waals surface area contributed by atoms with E-state index in [1.165, 1.54) is 0 Å². The first-order valence-electron chi connectivity index (χ1n) is 13.3. The first-order valence-corrected chi connectivity index (χ1v) is 14.3. The van der Waals surface area contributed by atoms with Gasteiger partial charge in [-0.15, -0.1) is 23.2 Å². The Bertz CT molecular complexity index is 1560. The van der Waals surface area contributed by atoms with E-state index >= 15 is 0 Å². The molecule has 18 heteroatoms. The molecular formula is C29H30BCl2GdN9O5+. The van der Waals surface area contributed by atoms with Crippen LogP contribution >= 0.6 is 23.2 Å². The largest absolute Gasteiger partial charge is 3.00 e. The second kappa shape index (κ2) is 21.7. The van der Waals surface area contributed by atoms with Gasteiger partial charge in [0, 0.05) is 30.5 Å². The zero-order valence-electron chi connectivity index (χ0n) is 25.2. The monoisotopic (exact) mass is 823 g/mol. The Morgan fingerprint density at radius 3 is 1.06 bits per heavy atom. The molecule has 6 rings (SSSR count). The molecule has 0 saturated carbocycles. The van der Waals surface area contributed by atoms with Gasteiger partial charge < -0.3 is 39.1 Å². The fourth-order valence-corrected chi connectivity index (χ4v) is 3.96. The minimum absolute atomic E-state index is 0. The summed E-state index contributed by atoms with van der Waals surface area (Å²) in [6, 6.07) is 23.2. The number of carbonyl (C=O) groups excluding carboxylic acids is 2. The van der Waals surface area contributed by atoms with E-state index in [-0.39, 0.29) is 50.8 Å². The zero-order valence-corrected chi connectivity index (χ0v) is 28.9. The zero-order chi connectivity index (χ0) is 32.6. The number of hydrogen-bond acceptors (Lipinski definition) is 10. The van der Waals surface area contributed by atoms with Crippen molar-refractivity contribution in [3.8, 4) is 34.2 Å². The summed E-state index contributed by atoms with van der Waals surface area (Å²) in [5.74, 6) is -2.17. The maximum Gasteiger partial charge on any atom is 3.00 e. The van der Waals surface area contributed by atoms with Crippen molar-refractivity contribution in [1.82, 2.24) is 44.0 Å². The number of carboxylic acids is 2. The van der Waals surface area contributed by atoms with E-state index in [0.29, 0.717) is 0 Å². The number of carboxylic acid groups (broad SMARTS) is 2. The van der Waals surface area contributed by atoms with Crippen LogP contribution in [0.25, 0.3) is 34.2 Å². The fraction of sp³-hybridized carbons (Fsp3) is 0.103. The van der Waals surface area contributed by atoms with Crippen LogP contribution in [0.5, 0.6) is 0 Å². The molecule has 0 aliphatic heterocycles. The average Bonchev–Trinajstić information content (AvgIpc) is 3.81. The molecule has 0 atom stereocenters.